The third-order valence-electron chi connectivity index (χ3n) is 3.40. The lowest BCUT2D eigenvalue weighted by Gasteiger charge is -2.12. The van der Waals surface area contributed by atoms with Crippen molar-refractivity contribution in [3.8, 4) is 11.5 Å². The molecule has 2 aromatic rings. The SMILES string of the molecule is CCOc1ccc(C(=O)NC(=S)NNC(=O)COc2cccc(C)c2)cc1Br. The predicted octanol–water partition coefficient (Wildman–Crippen LogP) is 2.87. The van der Waals surface area contributed by atoms with E-state index < -0.39 is 11.8 Å². The van der Waals surface area contributed by atoms with E-state index in [-0.39, 0.29) is 11.7 Å². The van der Waals surface area contributed by atoms with Gasteiger partial charge in [0.15, 0.2) is 11.7 Å². The van der Waals surface area contributed by atoms with Gasteiger partial charge >= 0.3 is 0 Å². The molecule has 0 aliphatic heterocycles. The number of carbonyl (C=O) groups excluding carboxylic acids is 2. The highest BCUT2D eigenvalue weighted by atomic mass is 79.9. The van der Waals surface area contributed by atoms with Gasteiger partial charge in [-0.15, -0.1) is 0 Å². The Bertz CT molecular complexity index is 876. The highest BCUT2D eigenvalue weighted by molar-refractivity contribution is 9.10. The van der Waals surface area contributed by atoms with Crippen LogP contribution in [0.1, 0.15) is 22.8 Å². The number of halogens is 1. The predicted molar refractivity (Wildman–Crippen MR) is 113 cm³/mol. The number of hydrogen-bond acceptors (Lipinski definition) is 5. The Hall–Kier alpha value is -2.65. The van der Waals surface area contributed by atoms with Gasteiger partial charge in [-0.1, -0.05) is 12.1 Å². The minimum absolute atomic E-state index is 0.0427. The maximum Gasteiger partial charge on any atom is 0.276 e. The summed E-state index contributed by atoms with van der Waals surface area (Å²) in [5, 5.41) is 2.43. The number of nitrogens with one attached hydrogen (secondary N) is 3. The van der Waals surface area contributed by atoms with E-state index in [0.717, 1.165) is 5.56 Å². The molecule has 0 saturated carbocycles. The summed E-state index contributed by atoms with van der Waals surface area (Å²) < 4.78 is 11.4. The monoisotopic (exact) mass is 465 g/mol. The average Bonchev–Trinajstić information content (AvgIpc) is 2.66. The molecule has 7 nitrogen and oxygen atoms in total. The lowest BCUT2D eigenvalue weighted by atomic mass is 10.2. The van der Waals surface area contributed by atoms with E-state index in [1.165, 1.54) is 0 Å². The second-order valence-electron chi connectivity index (χ2n) is 5.64. The molecule has 2 aromatic carbocycles. The maximum absolute atomic E-state index is 12.2. The first kappa shape index (κ1) is 21.6. The van der Waals surface area contributed by atoms with Gasteiger partial charge in [0, 0.05) is 5.56 Å². The number of carbonyl (C=O) groups is 2. The molecule has 0 heterocycles. The largest absolute Gasteiger partial charge is 0.493 e. The summed E-state index contributed by atoms with van der Waals surface area (Å²) in [5.74, 6) is 0.362. The first-order valence-electron chi connectivity index (χ1n) is 8.41. The van der Waals surface area contributed by atoms with Crippen LogP contribution in [0.25, 0.3) is 0 Å². The lowest BCUT2D eigenvalue weighted by molar-refractivity contribution is -0.123. The summed E-state index contributed by atoms with van der Waals surface area (Å²) in [6, 6.07) is 12.3. The zero-order valence-electron chi connectivity index (χ0n) is 15.4. The van der Waals surface area contributed by atoms with Crippen LogP contribution in [0.5, 0.6) is 11.5 Å². The maximum atomic E-state index is 12.2. The van der Waals surface area contributed by atoms with Crippen LogP contribution in [0, 0.1) is 6.92 Å². The molecule has 0 unspecified atom stereocenters. The average molecular weight is 466 g/mol. The van der Waals surface area contributed by atoms with Gasteiger partial charge in [-0.25, -0.2) is 0 Å². The fourth-order valence-electron chi connectivity index (χ4n) is 2.14. The smallest absolute Gasteiger partial charge is 0.276 e. The summed E-state index contributed by atoms with van der Waals surface area (Å²) in [7, 11) is 0. The Morgan fingerprint density at radius 2 is 1.89 bits per heavy atom. The van der Waals surface area contributed by atoms with E-state index in [1.54, 1.807) is 24.3 Å². The molecule has 3 N–H and O–H groups in total. The van der Waals surface area contributed by atoms with E-state index in [1.807, 2.05) is 32.0 Å². The Balaban J connectivity index is 1.77. The Morgan fingerprint density at radius 3 is 2.57 bits per heavy atom. The van der Waals surface area contributed by atoms with Gasteiger partial charge in [0.1, 0.15) is 11.5 Å². The van der Waals surface area contributed by atoms with E-state index in [4.69, 9.17) is 21.7 Å². The number of rotatable bonds is 6. The van der Waals surface area contributed by atoms with Crippen molar-refractivity contribution < 1.29 is 19.1 Å². The zero-order chi connectivity index (χ0) is 20.5. The molecular formula is C19H20BrN3O4S. The van der Waals surface area contributed by atoms with Gasteiger partial charge < -0.3 is 9.47 Å². The molecule has 0 aromatic heterocycles. The number of amides is 2. The van der Waals surface area contributed by atoms with Crippen LogP contribution in [0.3, 0.4) is 0 Å². The minimum atomic E-state index is -0.443. The third kappa shape index (κ3) is 6.82. The molecule has 0 aliphatic rings. The molecule has 0 spiro atoms. The summed E-state index contributed by atoms with van der Waals surface area (Å²) in [6.07, 6.45) is 0. The van der Waals surface area contributed by atoms with Crippen molar-refractivity contribution in [2.75, 3.05) is 13.2 Å². The quantitative estimate of drug-likeness (QED) is 0.448. The Morgan fingerprint density at radius 1 is 1.11 bits per heavy atom. The van der Waals surface area contributed by atoms with Crippen molar-refractivity contribution in [3.63, 3.8) is 0 Å². The Labute approximate surface area is 176 Å². The molecule has 0 atom stereocenters. The van der Waals surface area contributed by atoms with Crippen molar-refractivity contribution in [2.24, 2.45) is 0 Å². The summed E-state index contributed by atoms with van der Waals surface area (Å²) in [4.78, 5) is 24.0. The second kappa shape index (κ2) is 10.6. The van der Waals surface area contributed by atoms with Crippen LogP contribution < -0.4 is 25.6 Å². The number of hydrazine groups is 1. The van der Waals surface area contributed by atoms with Crippen molar-refractivity contribution in [1.82, 2.24) is 16.2 Å². The van der Waals surface area contributed by atoms with E-state index in [0.29, 0.717) is 28.1 Å². The van der Waals surface area contributed by atoms with Crippen LogP contribution in [0.2, 0.25) is 0 Å². The molecular weight excluding hydrogens is 446 g/mol. The summed E-state index contributed by atoms with van der Waals surface area (Å²) in [6.45, 7) is 4.13. The van der Waals surface area contributed by atoms with Gasteiger partial charge in [-0.05, 0) is 77.9 Å². The van der Waals surface area contributed by atoms with Crippen LogP contribution in [-0.4, -0.2) is 30.1 Å². The fourth-order valence-corrected chi connectivity index (χ4v) is 2.77. The van der Waals surface area contributed by atoms with E-state index >= 15 is 0 Å². The third-order valence-corrected chi connectivity index (χ3v) is 4.22. The van der Waals surface area contributed by atoms with E-state index in [9.17, 15) is 9.59 Å². The Kier molecular flexibility index (Phi) is 8.21. The normalized spacial score (nSPS) is 9.96. The first-order chi connectivity index (χ1) is 13.4. The van der Waals surface area contributed by atoms with Crippen LogP contribution in [0.15, 0.2) is 46.9 Å². The minimum Gasteiger partial charge on any atom is -0.493 e. The standard InChI is InChI=1S/C19H20BrN3O4S/c1-3-26-16-8-7-13(10-15(16)20)18(25)21-19(28)23-22-17(24)11-27-14-6-4-5-12(2)9-14/h4-10H,3,11H2,1-2H3,(H,22,24)(H2,21,23,25,28). The van der Waals surface area contributed by atoms with Gasteiger partial charge in [0.05, 0.1) is 11.1 Å². The molecule has 0 aliphatic carbocycles. The van der Waals surface area contributed by atoms with Crippen molar-refractivity contribution in [2.45, 2.75) is 13.8 Å². The van der Waals surface area contributed by atoms with Crippen LogP contribution in [-0.2, 0) is 4.79 Å². The molecule has 28 heavy (non-hydrogen) atoms. The highest BCUT2D eigenvalue weighted by Crippen LogP contribution is 2.25. The number of thiocarbonyl (C=S) groups is 1. The molecule has 9 heteroatoms. The highest BCUT2D eigenvalue weighted by Gasteiger charge is 2.11. The summed E-state index contributed by atoms with van der Waals surface area (Å²) >= 11 is 8.36. The van der Waals surface area contributed by atoms with Crippen molar-refractivity contribution in [3.05, 3.63) is 58.1 Å². The molecule has 2 rings (SSSR count). The second-order valence-corrected chi connectivity index (χ2v) is 6.90. The van der Waals surface area contributed by atoms with E-state index in [2.05, 4.69) is 32.1 Å². The lowest BCUT2D eigenvalue weighted by Crippen LogP contribution is -2.49. The van der Waals surface area contributed by atoms with Crippen LogP contribution >= 0.6 is 28.1 Å². The van der Waals surface area contributed by atoms with Gasteiger partial charge in [-0.3, -0.25) is 25.8 Å². The molecule has 2 amide bonds. The fraction of sp³-hybridized carbons (Fsp3) is 0.211. The van der Waals surface area contributed by atoms with Crippen LogP contribution in [0.4, 0.5) is 0 Å². The van der Waals surface area contributed by atoms with Gasteiger partial charge in [-0.2, -0.15) is 0 Å². The van der Waals surface area contributed by atoms with Gasteiger partial charge in [0.25, 0.3) is 11.8 Å². The molecule has 0 saturated heterocycles. The number of hydrogen-bond donors (Lipinski definition) is 3. The molecule has 148 valence electrons. The molecule has 0 fully saturated rings. The molecule has 0 radical (unpaired) electrons. The number of benzene rings is 2. The first-order valence-corrected chi connectivity index (χ1v) is 9.61. The summed E-state index contributed by atoms with van der Waals surface area (Å²) in [5.41, 5.74) is 6.23. The van der Waals surface area contributed by atoms with Gasteiger partial charge in [0.2, 0.25) is 0 Å². The number of ether oxygens (including phenoxy) is 2. The number of aryl methyl sites for hydroxylation is 1. The molecule has 0 bridgehead atoms. The van der Waals surface area contributed by atoms with Crippen molar-refractivity contribution in [1.29, 1.82) is 0 Å². The van der Waals surface area contributed by atoms with Crippen molar-refractivity contribution >= 4 is 45.1 Å². The zero-order valence-corrected chi connectivity index (χ0v) is 17.8. The topological polar surface area (TPSA) is 88.7 Å².